The monoisotopic (exact) mass is 433 g/mol. The molecule has 0 aromatic heterocycles. The van der Waals surface area contributed by atoms with Crippen molar-refractivity contribution >= 4 is 32.0 Å². The number of carbonyl (C=O) groups excluding carboxylic acids is 1. The molecule has 29 heavy (non-hydrogen) atoms. The molecule has 1 saturated heterocycles. The Labute approximate surface area is 178 Å². The Morgan fingerprint density at radius 1 is 1.24 bits per heavy atom. The lowest BCUT2D eigenvalue weighted by Crippen LogP contribution is -2.65. The standard InChI is InChI=1S/C22H31NO4SSi/c1-13-17-16(14(2)27-29(6,7)22(3,4)5)20(24)23(17)18(21(25)26)19(13)28-15-11-9-8-10-12-15/h8-14,16-17H,1-7H3,(H,25,26)/t13-,14-,16-,17-/m1/s1. The lowest BCUT2D eigenvalue weighted by molar-refractivity contribution is -0.162. The minimum atomic E-state index is -2.03. The Hall–Kier alpha value is -1.57. The van der Waals surface area contributed by atoms with Gasteiger partial charge in [-0.3, -0.25) is 4.79 Å². The molecule has 2 heterocycles. The van der Waals surface area contributed by atoms with Crippen LogP contribution in [-0.4, -0.2) is 42.3 Å². The number of fused-ring (bicyclic) bond motifs is 1. The maximum absolute atomic E-state index is 13.0. The van der Waals surface area contributed by atoms with Gasteiger partial charge in [-0.15, -0.1) is 0 Å². The summed E-state index contributed by atoms with van der Waals surface area (Å²) < 4.78 is 6.50. The maximum Gasteiger partial charge on any atom is 0.353 e. The molecule has 158 valence electrons. The smallest absolute Gasteiger partial charge is 0.353 e. The number of carbonyl (C=O) groups is 2. The number of hydrogen-bond donors (Lipinski definition) is 1. The Bertz CT molecular complexity index is 846. The number of hydrogen-bond acceptors (Lipinski definition) is 4. The van der Waals surface area contributed by atoms with E-state index >= 15 is 0 Å². The second-order valence-corrected chi connectivity index (χ2v) is 15.4. The first-order valence-corrected chi connectivity index (χ1v) is 13.8. The summed E-state index contributed by atoms with van der Waals surface area (Å²) in [6, 6.07) is 9.56. The Morgan fingerprint density at radius 2 is 1.83 bits per heavy atom. The van der Waals surface area contributed by atoms with E-state index in [0.29, 0.717) is 0 Å². The molecule has 0 saturated carbocycles. The zero-order chi connectivity index (χ0) is 21.7. The van der Waals surface area contributed by atoms with Crippen LogP contribution in [0, 0.1) is 11.8 Å². The van der Waals surface area contributed by atoms with Crippen LogP contribution in [0.5, 0.6) is 0 Å². The molecule has 1 aromatic rings. The van der Waals surface area contributed by atoms with E-state index < -0.39 is 14.3 Å². The molecule has 3 rings (SSSR count). The number of aliphatic carboxylic acids is 1. The van der Waals surface area contributed by atoms with Gasteiger partial charge in [0.1, 0.15) is 5.70 Å². The molecule has 1 N–H and O–H groups in total. The summed E-state index contributed by atoms with van der Waals surface area (Å²) in [6.07, 6.45) is -0.233. The van der Waals surface area contributed by atoms with Crippen LogP contribution in [0.4, 0.5) is 0 Å². The molecule has 1 amide bonds. The second-order valence-electron chi connectivity index (χ2n) is 9.53. The highest BCUT2D eigenvalue weighted by Crippen LogP contribution is 2.52. The molecular formula is C22H31NO4SSi. The van der Waals surface area contributed by atoms with Crippen LogP contribution < -0.4 is 0 Å². The third-order valence-corrected chi connectivity index (χ3v) is 12.4. The quantitative estimate of drug-likeness (QED) is 0.507. The van der Waals surface area contributed by atoms with Crippen molar-refractivity contribution in [3.05, 3.63) is 40.9 Å². The highest BCUT2D eigenvalue weighted by molar-refractivity contribution is 8.03. The van der Waals surface area contributed by atoms with Gasteiger partial charge in [0, 0.05) is 15.7 Å². The van der Waals surface area contributed by atoms with Crippen molar-refractivity contribution in [2.45, 2.75) is 69.8 Å². The largest absolute Gasteiger partial charge is 0.477 e. The van der Waals surface area contributed by atoms with Crippen molar-refractivity contribution in [2.75, 3.05) is 0 Å². The van der Waals surface area contributed by atoms with E-state index in [4.69, 9.17) is 4.43 Å². The minimum absolute atomic E-state index is 0.0422. The SMILES string of the molecule is C[C@@H](O[Si](C)(C)C(C)(C)C)[C@H]1C(=O)N2C(C(=O)O)=C(Sc3ccccc3)[C@H](C)[C@H]12. The highest BCUT2D eigenvalue weighted by Gasteiger charge is 2.61. The van der Waals surface area contributed by atoms with Gasteiger partial charge in [0.2, 0.25) is 5.91 Å². The van der Waals surface area contributed by atoms with Crippen LogP contribution in [-0.2, 0) is 14.0 Å². The van der Waals surface area contributed by atoms with Gasteiger partial charge in [0.15, 0.2) is 8.32 Å². The average molecular weight is 434 g/mol. The molecule has 0 spiro atoms. The molecule has 0 unspecified atom stereocenters. The van der Waals surface area contributed by atoms with E-state index in [9.17, 15) is 14.7 Å². The topological polar surface area (TPSA) is 66.8 Å². The lowest BCUT2D eigenvalue weighted by atomic mass is 9.79. The average Bonchev–Trinajstić information content (AvgIpc) is 2.84. The van der Waals surface area contributed by atoms with E-state index in [1.165, 1.54) is 16.7 Å². The molecule has 1 fully saturated rings. The molecule has 0 aliphatic carbocycles. The van der Waals surface area contributed by atoms with Gasteiger partial charge in [0.05, 0.1) is 18.1 Å². The summed E-state index contributed by atoms with van der Waals surface area (Å²) in [6.45, 7) is 14.9. The van der Waals surface area contributed by atoms with E-state index in [-0.39, 0.29) is 40.6 Å². The van der Waals surface area contributed by atoms with Gasteiger partial charge in [-0.1, -0.05) is 57.7 Å². The molecule has 2 aliphatic heterocycles. The Morgan fingerprint density at radius 3 is 2.34 bits per heavy atom. The molecule has 0 radical (unpaired) electrons. The van der Waals surface area contributed by atoms with Crippen LogP contribution >= 0.6 is 11.8 Å². The Balaban J connectivity index is 1.86. The summed E-state index contributed by atoms with van der Waals surface area (Å²) >= 11 is 1.45. The molecule has 1 aromatic carbocycles. The van der Waals surface area contributed by atoms with Crippen molar-refractivity contribution in [1.29, 1.82) is 0 Å². The summed E-state index contributed by atoms with van der Waals surface area (Å²) in [7, 11) is -2.03. The van der Waals surface area contributed by atoms with Crippen LogP contribution in [0.15, 0.2) is 45.8 Å². The first-order valence-electron chi connectivity index (χ1n) is 10.1. The van der Waals surface area contributed by atoms with Crippen molar-refractivity contribution in [3.8, 4) is 0 Å². The van der Waals surface area contributed by atoms with Crippen LogP contribution in [0.25, 0.3) is 0 Å². The second kappa shape index (κ2) is 7.60. The molecule has 0 bridgehead atoms. The van der Waals surface area contributed by atoms with Crippen molar-refractivity contribution in [1.82, 2.24) is 4.90 Å². The van der Waals surface area contributed by atoms with Crippen LogP contribution in [0.1, 0.15) is 34.6 Å². The van der Waals surface area contributed by atoms with Gasteiger partial charge in [0.25, 0.3) is 0 Å². The first-order chi connectivity index (χ1) is 13.4. The first kappa shape index (κ1) is 22.1. The lowest BCUT2D eigenvalue weighted by Gasteiger charge is -2.50. The fourth-order valence-electron chi connectivity index (χ4n) is 3.97. The van der Waals surface area contributed by atoms with E-state index in [1.807, 2.05) is 44.2 Å². The summed E-state index contributed by atoms with van der Waals surface area (Å²) in [5, 5.41) is 9.90. The zero-order valence-corrected chi connectivity index (χ0v) is 20.0. The van der Waals surface area contributed by atoms with Crippen molar-refractivity contribution in [2.24, 2.45) is 11.8 Å². The number of carboxylic acids is 1. The Kier molecular flexibility index (Phi) is 5.79. The van der Waals surface area contributed by atoms with Crippen LogP contribution in [0.3, 0.4) is 0 Å². The highest BCUT2D eigenvalue weighted by atomic mass is 32.2. The maximum atomic E-state index is 13.0. The third kappa shape index (κ3) is 3.80. The van der Waals surface area contributed by atoms with E-state index in [1.54, 1.807) is 0 Å². The van der Waals surface area contributed by atoms with Gasteiger partial charge in [-0.05, 0) is 37.2 Å². The molecule has 7 heteroatoms. The molecule has 5 nitrogen and oxygen atoms in total. The zero-order valence-electron chi connectivity index (χ0n) is 18.2. The van der Waals surface area contributed by atoms with Crippen molar-refractivity contribution < 1.29 is 19.1 Å². The number of carboxylic acid groups (broad SMARTS) is 1. The van der Waals surface area contributed by atoms with Gasteiger partial charge in [-0.25, -0.2) is 4.79 Å². The fraction of sp³-hybridized carbons (Fsp3) is 0.545. The minimum Gasteiger partial charge on any atom is -0.477 e. The van der Waals surface area contributed by atoms with Gasteiger partial charge < -0.3 is 14.4 Å². The van der Waals surface area contributed by atoms with Gasteiger partial charge >= 0.3 is 5.97 Å². The van der Waals surface area contributed by atoms with E-state index in [0.717, 1.165) is 9.80 Å². The third-order valence-electron chi connectivity index (χ3n) is 6.55. The number of amides is 1. The number of rotatable bonds is 6. The van der Waals surface area contributed by atoms with Gasteiger partial charge in [-0.2, -0.15) is 0 Å². The summed E-state index contributed by atoms with van der Waals surface area (Å²) in [5.41, 5.74) is 0.136. The summed E-state index contributed by atoms with van der Waals surface area (Å²) in [5.74, 6) is -1.52. The predicted molar refractivity (Wildman–Crippen MR) is 118 cm³/mol. The molecule has 4 atom stereocenters. The normalized spacial score (nSPS) is 25.7. The van der Waals surface area contributed by atoms with Crippen LogP contribution in [0.2, 0.25) is 18.1 Å². The number of β-lactam (4-membered cyclic amide) rings is 1. The molecular weight excluding hydrogens is 402 g/mol. The fourth-order valence-corrected chi connectivity index (χ4v) is 6.56. The number of benzene rings is 1. The van der Waals surface area contributed by atoms with E-state index in [2.05, 4.69) is 33.9 Å². The number of nitrogens with zero attached hydrogens (tertiary/aromatic N) is 1. The number of thioether (sulfide) groups is 1. The summed E-state index contributed by atoms with van der Waals surface area (Å²) in [4.78, 5) is 28.3. The van der Waals surface area contributed by atoms with Crippen molar-refractivity contribution in [3.63, 3.8) is 0 Å². The molecule has 2 aliphatic rings. The predicted octanol–water partition coefficient (Wildman–Crippen LogP) is 4.96.